The molecule has 5 rings (SSSR count). The summed E-state index contributed by atoms with van der Waals surface area (Å²) in [7, 11) is 1.74. The van der Waals surface area contributed by atoms with Crippen molar-refractivity contribution in [3.05, 3.63) is 54.1 Å². The second-order valence-corrected chi connectivity index (χ2v) is 8.33. The molecule has 0 atom stereocenters. The summed E-state index contributed by atoms with van der Waals surface area (Å²) in [5, 5.41) is 0. The van der Waals surface area contributed by atoms with E-state index >= 15 is 0 Å². The van der Waals surface area contributed by atoms with Crippen molar-refractivity contribution in [2.75, 3.05) is 38.2 Å². The zero-order valence-electron chi connectivity index (χ0n) is 15.7. The number of benzene rings is 2. The number of rotatable bonds is 4. The number of likely N-dealkylation sites (tertiary alicyclic amines) is 1. The number of hydrogen-bond acceptors (Lipinski definition) is 3. The van der Waals surface area contributed by atoms with Gasteiger partial charge >= 0.3 is 0 Å². The van der Waals surface area contributed by atoms with Crippen LogP contribution in [0.5, 0.6) is 5.75 Å². The molecule has 2 heterocycles. The van der Waals surface area contributed by atoms with Gasteiger partial charge in [0.25, 0.3) is 0 Å². The lowest BCUT2D eigenvalue weighted by atomic mass is 9.74. The van der Waals surface area contributed by atoms with Crippen molar-refractivity contribution in [1.82, 2.24) is 4.90 Å². The number of para-hydroxylation sites is 1. The molecule has 2 fully saturated rings. The monoisotopic (exact) mass is 348 g/mol. The number of methoxy groups -OCH3 is 1. The van der Waals surface area contributed by atoms with Gasteiger partial charge in [0.2, 0.25) is 0 Å². The Morgan fingerprint density at radius 3 is 2.62 bits per heavy atom. The fourth-order valence-electron chi connectivity index (χ4n) is 4.90. The van der Waals surface area contributed by atoms with E-state index in [1.807, 2.05) is 6.07 Å². The van der Waals surface area contributed by atoms with Crippen molar-refractivity contribution >= 4 is 11.4 Å². The summed E-state index contributed by atoms with van der Waals surface area (Å²) in [6.45, 7) is 4.92. The van der Waals surface area contributed by atoms with Gasteiger partial charge in [-0.3, -0.25) is 0 Å². The number of hydrogen-bond donors (Lipinski definition) is 0. The van der Waals surface area contributed by atoms with E-state index in [1.165, 1.54) is 56.7 Å². The van der Waals surface area contributed by atoms with Crippen molar-refractivity contribution in [3.63, 3.8) is 0 Å². The minimum Gasteiger partial charge on any atom is -0.497 e. The molecule has 0 bridgehead atoms. The van der Waals surface area contributed by atoms with E-state index in [4.69, 9.17) is 4.74 Å². The van der Waals surface area contributed by atoms with Crippen LogP contribution < -0.4 is 9.64 Å². The Kier molecular flexibility index (Phi) is 3.93. The molecule has 3 aliphatic rings. The van der Waals surface area contributed by atoms with Crippen LogP contribution in [0.2, 0.25) is 0 Å². The predicted molar refractivity (Wildman–Crippen MR) is 107 cm³/mol. The second kappa shape index (κ2) is 6.31. The molecule has 0 radical (unpaired) electrons. The summed E-state index contributed by atoms with van der Waals surface area (Å²) in [6.07, 6.45) is 5.45. The van der Waals surface area contributed by atoms with Crippen LogP contribution in [0, 0.1) is 5.92 Å². The average Bonchev–Trinajstić information content (AvgIpc) is 3.46. The SMILES string of the molecule is COc1cccc(N2CC3(CCN(CC4CC4)CC3)c3ccccc32)c1. The molecule has 26 heavy (non-hydrogen) atoms. The number of anilines is 2. The van der Waals surface area contributed by atoms with Gasteiger partial charge in [-0.1, -0.05) is 24.3 Å². The van der Waals surface area contributed by atoms with Gasteiger partial charge in [0.15, 0.2) is 0 Å². The van der Waals surface area contributed by atoms with E-state index in [9.17, 15) is 0 Å². The summed E-state index contributed by atoms with van der Waals surface area (Å²) in [5.74, 6) is 1.92. The zero-order chi connectivity index (χ0) is 17.6. The molecule has 2 aromatic carbocycles. The molecule has 0 aromatic heterocycles. The quantitative estimate of drug-likeness (QED) is 0.804. The molecule has 2 aliphatic heterocycles. The molecule has 136 valence electrons. The number of nitrogens with zero attached hydrogens (tertiary/aromatic N) is 2. The van der Waals surface area contributed by atoms with E-state index < -0.39 is 0 Å². The van der Waals surface area contributed by atoms with Crippen molar-refractivity contribution in [2.24, 2.45) is 5.92 Å². The Morgan fingerprint density at radius 2 is 1.85 bits per heavy atom. The first-order valence-corrected chi connectivity index (χ1v) is 10.0. The van der Waals surface area contributed by atoms with Crippen LogP contribution in [-0.4, -0.2) is 38.2 Å². The Bertz CT molecular complexity index is 790. The maximum Gasteiger partial charge on any atom is 0.120 e. The summed E-state index contributed by atoms with van der Waals surface area (Å²) in [6, 6.07) is 17.5. The Labute approximate surface area is 156 Å². The Morgan fingerprint density at radius 1 is 1.04 bits per heavy atom. The maximum absolute atomic E-state index is 5.46. The van der Waals surface area contributed by atoms with Gasteiger partial charge in [0.05, 0.1) is 7.11 Å². The van der Waals surface area contributed by atoms with Crippen LogP contribution in [0.25, 0.3) is 0 Å². The smallest absolute Gasteiger partial charge is 0.120 e. The molecule has 1 saturated heterocycles. The van der Waals surface area contributed by atoms with Gasteiger partial charge < -0.3 is 14.5 Å². The van der Waals surface area contributed by atoms with Gasteiger partial charge in [0, 0.05) is 35.9 Å². The molecule has 3 heteroatoms. The van der Waals surface area contributed by atoms with Crippen LogP contribution in [0.4, 0.5) is 11.4 Å². The first-order chi connectivity index (χ1) is 12.8. The fourth-order valence-corrected chi connectivity index (χ4v) is 4.90. The molecule has 1 aliphatic carbocycles. The summed E-state index contributed by atoms with van der Waals surface area (Å²) in [5.41, 5.74) is 4.49. The number of piperidine rings is 1. The molecule has 0 N–H and O–H groups in total. The standard InChI is InChI=1S/C23H28N2O/c1-26-20-6-4-5-19(15-20)25-17-23(21-7-2-3-8-22(21)25)11-13-24(14-12-23)16-18-9-10-18/h2-8,15,18H,9-14,16-17H2,1H3. The van der Waals surface area contributed by atoms with E-state index in [-0.39, 0.29) is 0 Å². The van der Waals surface area contributed by atoms with Crippen molar-refractivity contribution in [2.45, 2.75) is 31.1 Å². The molecule has 1 spiro atoms. The Hall–Kier alpha value is -2.00. The lowest BCUT2D eigenvalue weighted by molar-refractivity contribution is 0.162. The van der Waals surface area contributed by atoms with E-state index in [0.717, 1.165) is 18.2 Å². The van der Waals surface area contributed by atoms with Crippen molar-refractivity contribution in [3.8, 4) is 5.75 Å². The molecular formula is C23H28N2O. The largest absolute Gasteiger partial charge is 0.497 e. The van der Waals surface area contributed by atoms with Gasteiger partial charge in [-0.2, -0.15) is 0 Å². The summed E-state index contributed by atoms with van der Waals surface area (Å²) in [4.78, 5) is 5.22. The highest BCUT2D eigenvalue weighted by Crippen LogP contribution is 2.50. The molecule has 0 unspecified atom stereocenters. The van der Waals surface area contributed by atoms with Crippen LogP contribution >= 0.6 is 0 Å². The average molecular weight is 348 g/mol. The van der Waals surface area contributed by atoms with Crippen LogP contribution in [0.1, 0.15) is 31.2 Å². The van der Waals surface area contributed by atoms with E-state index in [0.29, 0.717) is 5.41 Å². The second-order valence-electron chi connectivity index (χ2n) is 8.33. The number of ether oxygens (including phenoxy) is 1. The Balaban J connectivity index is 1.43. The molecular weight excluding hydrogens is 320 g/mol. The van der Waals surface area contributed by atoms with Gasteiger partial charge in [-0.25, -0.2) is 0 Å². The topological polar surface area (TPSA) is 15.7 Å². The van der Waals surface area contributed by atoms with Crippen molar-refractivity contribution in [1.29, 1.82) is 0 Å². The van der Waals surface area contributed by atoms with Gasteiger partial charge in [-0.15, -0.1) is 0 Å². The third kappa shape index (κ3) is 2.79. The van der Waals surface area contributed by atoms with Crippen molar-refractivity contribution < 1.29 is 4.74 Å². The van der Waals surface area contributed by atoms with Gasteiger partial charge in [0.1, 0.15) is 5.75 Å². The van der Waals surface area contributed by atoms with E-state index in [1.54, 1.807) is 12.7 Å². The minimum absolute atomic E-state index is 0.305. The predicted octanol–water partition coefficient (Wildman–Crippen LogP) is 4.59. The zero-order valence-corrected chi connectivity index (χ0v) is 15.7. The van der Waals surface area contributed by atoms with Gasteiger partial charge in [-0.05, 0) is 68.5 Å². The third-order valence-corrected chi connectivity index (χ3v) is 6.62. The normalized spacial score (nSPS) is 21.8. The van der Waals surface area contributed by atoms with Crippen LogP contribution in [0.15, 0.2) is 48.5 Å². The summed E-state index contributed by atoms with van der Waals surface area (Å²) < 4.78 is 5.46. The maximum atomic E-state index is 5.46. The molecule has 3 nitrogen and oxygen atoms in total. The minimum atomic E-state index is 0.305. The fraction of sp³-hybridized carbons (Fsp3) is 0.478. The third-order valence-electron chi connectivity index (χ3n) is 6.62. The summed E-state index contributed by atoms with van der Waals surface area (Å²) >= 11 is 0. The van der Waals surface area contributed by atoms with Crippen LogP contribution in [-0.2, 0) is 5.41 Å². The van der Waals surface area contributed by atoms with E-state index in [2.05, 4.69) is 52.3 Å². The number of fused-ring (bicyclic) bond motifs is 2. The first kappa shape index (κ1) is 16.2. The highest BCUT2D eigenvalue weighted by molar-refractivity contribution is 5.73. The lowest BCUT2D eigenvalue weighted by Crippen LogP contribution is -2.45. The molecule has 1 saturated carbocycles. The highest BCUT2D eigenvalue weighted by Gasteiger charge is 2.45. The highest BCUT2D eigenvalue weighted by atomic mass is 16.5. The first-order valence-electron chi connectivity index (χ1n) is 10.0. The molecule has 2 aromatic rings. The van der Waals surface area contributed by atoms with Crippen LogP contribution in [0.3, 0.4) is 0 Å². The lowest BCUT2D eigenvalue weighted by Gasteiger charge is -2.40. The molecule has 0 amide bonds.